The SMILES string of the molecule is CCc1ccccc1N(CC(=O)NN=C1CCN(Cc2ccccc2)CC1)S(C)(=O)=O. The molecule has 0 atom stereocenters. The smallest absolute Gasteiger partial charge is 0.260 e. The molecule has 1 amide bonds. The van der Waals surface area contributed by atoms with Crippen molar-refractivity contribution in [1.29, 1.82) is 0 Å². The largest absolute Gasteiger partial charge is 0.298 e. The van der Waals surface area contributed by atoms with Crippen LogP contribution < -0.4 is 9.73 Å². The highest BCUT2D eigenvalue weighted by Crippen LogP contribution is 2.23. The van der Waals surface area contributed by atoms with E-state index in [1.807, 2.05) is 37.3 Å². The summed E-state index contributed by atoms with van der Waals surface area (Å²) in [5.74, 6) is -0.449. The van der Waals surface area contributed by atoms with Crippen molar-refractivity contribution in [3.8, 4) is 0 Å². The number of carbonyl (C=O) groups excluding carboxylic acids is 1. The monoisotopic (exact) mass is 442 g/mol. The third-order valence-electron chi connectivity index (χ3n) is 5.35. The topological polar surface area (TPSA) is 82.1 Å². The van der Waals surface area contributed by atoms with Crippen LogP contribution in [0.25, 0.3) is 0 Å². The summed E-state index contributed by atoms with van der Waals surface area (Å²) in [4.78, 5) is 14.9. The van der Waals surface area contributed by atoms with Crippen LogP contribution in [-0.2, 0) is 27.8 Å². The second-order valence-corrected chi connectivity index (χ2v) is 9.63. The van der Waals surface area contributed by atoms with Gasteiger partial charge in [-0.05, 0) is 23.6 Å². The predicted octanol–water partition coefficient (Wildman–Crippen LogP) is 2.78. The lowest BCUT2D eigenvalue weighted by Crippen LogP contribution is -2.40. The molecule has 1 heterocycles. The lowest BCUT2D eigenvalue weighted by molar-refractivity contribution is -0.119. The number of likely N-dealkylation sites (tertiary alicyclic amines) is 1. The molecule has 0 saturated carbocycles. The number of amides is 1. The number of nitrogens with zero attached hydrogens (tertiary/aromatic N) is 3. The van der Waals surface area contributed by atoms with E-state index < -0.39 is 15.9 Å². The molecule has 0 spiro atoms. The van der Waals surface area contributed by atoms with Gasteiger partial charge in [0.2, 0.25) is 10.0 Å². The Hall–Kier alpha value is -2.71. The number of hydrogen-bond donors (Lipinski definition) is 1. The van der Waals surface area contributed by atoms with E-state index >= 15 is 0 Å². The summed E-state index contributed by atoms with van der Waals surface area (Å²) in [6.07, 6.45) is 3.34. The Morgan fingerprint density at radius 1 is 1.06 bits per heavy atom. The molecular weight excluding hydrogens is 412 g/mol. The van der Waals surface area contributed by atoms with Crippen LogP contribution in [0.15, 0.2) is 59.7 Å². The number of hydrazone groups is 1. The van der Waals surface area contributed by atoms with E-state index in [0.717, 1.165) is 54.3 Å². The quantitative estimate of drug-likeness (QED) is 0.638. The summed E-state index contributed by atoms with van der Waals surface area (Å²) in [6.45, 7) is 4.31. The fourth-order valence-electron chi connectivity index (χ4n) is 3.66. The van der Waals surface area contributed by atoms with E-state index in [1.54, 1.807) is 12.1 Å². The minimum Gasteiger partial charge on any atom is -0.298 e. The summed E-state index contributed by atoms with van der Waals surface area (Å²) < 4.78 is 25.8. The van der Waals surface area contributed by atoms with Crippen molar-refractivity contribution >= 4 is 27.3 Å². The van der Waals surface area contributed by atoms with Crippen LogP contribution >= 0.6 is 0 Å². The molecule has 7 nitrogen and oxygen atoms in total. The number of sulfonamides is 1. The van der Waals surface area contributed by atoms with Gasteiger partial charge in [-0.3, -0.25) is 14.0 Å². The second-order valence-electron chi connectivity index (χ2n) is 7.73. The third-order valence-corrected chi connectivity index (χ3v) is 6.48. The van der Waals surface area contributed by atoms with Gasteiger partial charge in [0, 0.05) is 38.2 Å². The molecule has 0 aromatic heterocycles. The van der Waals surface area contributed by atoms with Gasteiger partial charge in [-0.15, -0.1) is 0 Å². The van der Waals surface area contributed by atoms with E-state index in [9.17, 15) is 13.2 Å². The Balaban J connectivity index is 1.56. The van der Waals surface area contributed by atoms with E-state index in [-0.39, 0.29) is 6.54 Å². The highest BCUT2D eigenvalue weighted by atomic mass is 32.2. The first-order chi connectivity index (χ1) is 14.9. The van der Waals surface area contributed by atoms with E-state index in [2.05, 4.69) is 27.6 Å². The molecule has 31 heavy (non-hydrogen) atoms. The van der Waals surface area contributed by atoms with Crippen molar-refractivity contribution < 1.29 is 13.2 Å². The van der Waals surface area contributed by atoms with Gasteiger partial charge in [-0.25, -0.2) is 13.8 Å². The van der Waals surface area contributed by atoms with Gasteiger partial charge >= 0.3 is 0 Å². The number of piperidine rings is 1. The third kappa shape index (κ3) is 6.63. The van der Waals surface area contributed by atoms with Crippen molar-refractivity contribution in [1.82, 2.24) is 10.3 Å². The Bertz CT molecular complexity index is 1010. The first kappa shape index (κ1) is 23.0. The van der Waals surface area contributed by atoms with Gasteiger partial charge in [0.05, 0.1) is 11.9 Å². The van der Waals surface area contributed by atoms with Gasteiger partial charge < -0.3 is 0 Å². The average molecular weight is 443 g/mol. The number of nitrogens with one attached hydrogen (secondary N) is 1. The number of benzene rings is 2. The molecule has 0 unspecified atom stereocenters. The Morgan fingerprint density at radius 2 is 1.71 bits per heavy atom. The van der Waals surface area contributed by atoms with Crippen molar-refractivity contribution in [2.45, 2.75) is 32.7 Å². The van der Waals surface area contributed by atoms with Crippen LogP contribution in [0.1, 0.15) is 30.9 Å². The van der Waals surface area contributed by atoms with Gasteiger partial charge in [0.1, 0.15) is 6.54 Å². The zero-order chi connectivity index (χ0) is 22.3. The minimum absolute atomic E-state index is 0.299. The molecule has 0 bridgehead atoms. The minimum atomic E-state index is -3.61. The van der Waals surface area contributed by atoms with Crippen molar-refractivity contribution in [3.05, 3.63) is 65.7 Å². The van der Waals surface area contributed by atoms with Crippen LogP contribution in [0.4, 0.5) is 5.69 Å². The molecule has 1 N–H and O–H groups in total. The van der Waals surface area contributed by atoms with Crippen LogP contribution in [0.2, 0.25) is 0 Å². The fraction of sp³-hybridized carbons (Fsp3) is 0.391. The van der Waals surface area contributed by atoms with Crippen LogP contribution in [0, 0.1) is 0 Å². The van der Waals surface area contributed by atoms with Gasteiger partial charge in [-0.2, -0.15) is 5.10 Å². The second kappa shape index (κ2) is 10.5. The number of carbonyl (C=O) groups is 1. The van der Waals surface area contributed by atoms with Crippen molar-refractivity contribution in [2.75, 3.05) is 30.2 Å². The highest BCUT2D eigenvalue weighted by Gasteiger charge is 2.23. The van der Waals surface area contributed by atoms with Gasteiger partial charge in [-0.1, -0.05) is 55.5 Å². The number of anilines is 1. The zero-order valence-corrected chi connectivity index (χ0v) is 18.9. The lowest BCUT2D eigenvalue weighted by atomic mass is 10.1. The standard InChI is InChI=1S/C23H30N4O3S/c1-3-20-11-7-8-12-22(20)27(31(2,29)30)18-23(28)25-24-21-13-15-26(16-14-21)17-19-9-5-4-6-10-19/h4-12H,3,13-18H2,1-2H3,(H,25,28). The average Bonchev–Trinajstić information content (AvgIpc) is 2.77. The Morgan fingerprint density at radius 3 is 2.35 bits per heavy atom. The number of hydrogen-bond acceptors (Lipinski definition) is 5. The molecule has 2 aromatic rings. The van der Waals surface area contributed by atoms with E-state index in [4.69, 9.17) is 0 Å². The summed E-state index contributed by atoms with van der Waals surface area (Å²) in [7, 11) is -3.61. The molecule has 0 radical (unpaired) electrons. The summed E-state index contributed by atoms with van der Waals surface area (Å²) in [6, 6.07) is 17.6. The molecule has 8 heteroatoms. The molecular formula is C23H30N4O3S. The molecule has 3 rings (SSSR count). The number of para-hydroxylation sites is 1. The van der Waals surface area contributed by atoms with Crippen LogP contribution in [-0.4, -0.2) is 50.8 Å². The molecule has 1 saturated heterocycles. The van der Waals surface area contributed by atoms with E-state index in [1.165, 1.54) is 5.56 Å². The maximum atomic E-state index is 12.5. The molecule has 166 valence electrons. The van der Waals surface area contributed by atoms with E-state index in [0.29, 0.717) is 12.1 Å². The normalized spacial score (nSPS) is 14.8. The summed E-state index contributed by atoms with van der Waals surface area (Å²) in [5, 5.41) is 4.26. The maximum Gasteiger partial charge on any atom is 0.260 e. The first-order valence-electron chi connectivity index (χ1n) is 10.5. The van der Waals surface area contributed by atoms with Gasteiger partial charge in [0.15, 0.2) is 0 Å². The molecule has 1 fully saturated rings. The highest BCUT2D eigenvalue weighted by molar-refractivity contribution is 7.92. The number of rotatable bonds is 8. The van der Waals surface area contributed by atoms with Crippen LogP contribution in [0.5, 0.6) is 0 Å². The maximum absolute atomic E-state index is 12.5. The summed E-state index contributed by atoms with van der Waals surface area (Å²) >= 11 is 0. The number of aryl methyl sites for hydroxylation is 1. The van der Waals surface area contributed by atoms with Crippen molar-refractivity contribution in [3.63, 3.8) is 0 Å². The molecule has 1 aliphatic rings. The predicted molar refractivity (Wildman–Crippen MR) is 125 cm³/mol. The first-order valence-corrected chi connectivity index (χ1v) is 12.4. The molecule has 0 aliphatic carbocycles. The fourth-order valence-corrected chi connectivity index (χ4v) is 4.55. The lowest BCUT2D eigenvalue weighted by Gasteiger charge is -2.27. The Kier molecular flexibility index (Phi) is 7.81. The molecule has 1 aliphatic heterocycles. The van der Waals surface area contributed by atoms with Crippen molar-refractivity contribution in [2.24, 2.45) is 5.10 Å². The summed E-state index contributed by atoms with van der Waals surface area (Å²) in [5.41, 5.74) is 6.17. The van der Waals surface area contributed by atoms with Gasteiger partial charge in [0.25, 0.3) is 5.91 Å². The zero-order valence-electron chi connectivity index (χ0n) is 18.1. The van der Waals surface area contributed by atoms with Crippen LogP contribution in [0.3, 0.4) is 0 Å². The molecule has 2 aromatic carbocycles. The Labute approximate surface area is 184 Å².